The Labute approximate surface area is 111 Å². The first-order valence-corrected chi connectivity index (χ1v) is 6.66. The molecule has 0 aromatic rings. The van der Waals surface area contributed by atoms with Crippen molar-refractivity contribution < 1.29 is 9.90 Å². The van der Waals surface area contributed by atoms with Gasteiger partial charge in [0.2, 0.25) is 5.91 Å². The second-order valence-corrected chi connectivity index (χ2v) is 5.48. The van der Waals surface area contributed by atoms with Crippen LogP contribution < -0.4 is 10.6 Å². The van der Waals surface area contributed by atoms with E-state index < -0.39 is 5.60 Å². The van der Waals surface area contributed by atoms with E-state index >= 15 is 0 Å². The number of hydrogen-bond donors (Lipinski definition) is 3. The molecule has 0 heterocycles. The van der Waals surface area contributed by atoms with E-state index in [1.165, 1.54) is 0 Å². The fraction of sp³-hybridized carbons (Fsp3) is 0.923. The van der Waals surface area contributed by atoms with E-state index in [1.54, 1.807) is 6.92 Å². The SMILES string of the molecule is CCCCNC(=O)C(C)NCC(C)(O)CN(C)C. The Hall–Kier alpha value is -0.650. The number of nitrogens with one attached hydrogen (secondary N) is 2. The van der Waals surface area contributed by atoms with Gasteiger partial charge in [-0.05, 0) is 34.4 Å². The molecule has 5 nitrogen and oxygen atoms in total. The molecule has 0 spiro atoms. The Morgan fingerprint density at radius 1 is 1.44 bits per heavy atom. The van der Waals surface area contributed by atoms with E-state index in [4.69, 9.17) is 0 Å². The second kappa shape index (κ2) is 8.45. The van der Waals surface area contributed by atoms with Crippen molar-refractivity contribution >= 4 is 5.91 Å². The van der Waals surface area contributed by atoms with Crippen LogP contribution in [-0.2, 0) is 4.79 Å². The first kappa shape index (κ1) is 17.4. The zero-order valence-electron chi connectivity index (χ0n) is 12.4. The van der Waals surface area contributed by atoms with Gasteiger partial charge in [0, 0.05) is 19.6 Å². The Morgan fingerprint density at radius 2 is 2.06 bits per heavy atom. The summed E-state index contributed by atoms with van der Waals surface area (Å²) in [4.78, 5) is 13.6. The molecule has 2 atom stereocenters. The van der Waals surface area contributed by atoms with E-state index in [0.717, 1.165) is 19.4 Å². The van der Waals surface area contributed by atoms with Gasteiger partial charge in [0.15, 0.2) is 0 Å². The van der Waals surface area contributed by atoms with Gasteiger partial charge in [0.25, 0.3) is 0 Å². The Morgan fingerprint density at radius 3 is 2.56 bits per heavy atom. The monoisotopic (exact) mass is 259 g/mol. The molecular formula is C13H29N3O2. The van der Waals surface area contributed by atoms with Gasteiger partial charge in [-0.3, -0.25) is 4.79 Å². The van der Waals surface area contributed by atoms with E-state index in [9.17, 15) is 9.90 Å². The Kier molecular flexibility index (Phi) is 8.15. The summed E-state index contributed by atoms with van der Waals surface area (Å²) in [5.74, 6) is -0.0101. The maximum absolute atomic E-state index is 11.7. The summed E-state index contributed by atoms with van der Waals surface area (Å²) >= 11 is 0. The minimum Gasteiger partial charge on any atom is -0.388 e. The summed E-state index contributed by atoms with van der Waals surface area (Å²) in [6.07, 6.45) is 2.07. The molecule has 1 amide bonds. The van der Waals surface area contributed by atoms with Crippen molar-refractivity contribution in [1.29, 1.82) is 0 Å². The molecule has 0 aliphatic heterocycles. The van der Waals surface area contributed by atoms with Crippen molar-refractivity contribution in [3.8, 4) is 0 Å². The molecule has 0 saturated carbocycles. The third kappa shape index (κ3) is 8.44. The van der Waals surface area contributed by atoms with Crippen molar-refractivity contribution in [3.63, 3.8) is 0 Å². The number of aliphatic hydroxyl groups is 1. The molecule has 5 heteroatoms. The largest absolute Gasteiger partial charge is 0.388 e. The number of unbranched alkanes of at least 4 members (excludes halogenated alkanes) is 1. The first-order valence-electron chi connectivity index (χ1n) is 6.66. The quantitative estimate of drug-likeness (QED) is 0.517. The normalized spacial score (nSPS) is 16.4. The molecule has 0 aromatic carbocycles. The summed E-state index contributed by atoms with van der Waals surface area (Å²) < 4.78 is 0. The number of likely N-dealkylation sites (N-methyl/N-ethyl adjacent to an activating group) is 1. The van der Waals surface area contributed by atoms with Gasteiger partial charge in [-0.1, -0.05) is 13.3 Å². The zero-order valence-corrected chi connectivity index (χ0v) is 12.4. The summed E-state index contributed by atoms with van der Waals surface area (Å²) in [6, 6.07) is -0.282. The molecule has 2 unspecified atom stereocenters. The highest BCUT2D eigenvalue weighted by Gasteiger charge is 2.23. The van der Waals surface area contributed by atoms with Crippen LogP contribution in [0.5, 0.6) is 0 Å². The molecule has 0 fully saturated rings. The molecule has 0 saturated heterocycles. The van der Waals surface area contributed by atoms with E-state index in [1.807, 2.05) is 25.9 Å². The van der Waals surface area contributed by atoms with Crippen LogP contribution in [0.2, 0.25) is 0 Å². The lowest BCUT2D eigenvalue weighted by atomic mass is 10.1. The highest BCUT2D eigenvalue weighted by Crippen LogP contribution is 2.03. The fourth-order valence-corrected chi connectivity index (χ4v) is 1.74. The number of hydrogen-bond acceptors (Lipinski definition) is 4. The van der Waals surface area contributed by atoms with Crippen LogP contribution in [0.25, 0.3) is 0 Å². The molecule has 18 heavy (non-hydrogen) atoms. The minimum atomic E-state index is -0.832. The Balaban J connectivity index is 3.93. The third-order valence-electron chi connectivity index (χ3n) is 2.67. The van der Waals surface area contributed by atoms with Crippen LogP contribution in [0.4, 0.5) is 0 Å². The lowest BCUT2D eigenvalue weighted by molar-refractivity contribution is -0.123. The number of rotatable bonds is 9. The first-order chi connectivity index (χ1) is 8.28. The smallest absolute Gasteiger partial charge is 0.236 e. The summed E-state index contributed by atoms with van der Waals surface area (Å²) in [7, 11) is 3.82. The van der Waals surface area contributed by atoms with Gasteiger partial charge in [-0.2, -0.15) is 0 Å². The predicted octanol–water partition coefficient (Wildman–Crippen LogP) is 0.193. The van der Waals surface area contributed by atoms with Crippen LogP contribution in [0.15, 0.2) is 0 Å². The molecule has 0 aliphatic carbocycles. The summed E-state index contributed by atoms with van der Waals surface area (Å²) in [6.45, 7) is 7.34. The minimum absolute atomic E-state index is 0.0101. The standard InChI is InChI=1S/C13H29N3O2/c1-6-7-8-14-12(17)11(2)15-9-13(3,18)10-16(4)5/h11,15,18H,6-10H2,1-5H3,(H,14,17). The topological polar surface area (TPSA) is 64.6 Å². The zero-order chi connectivity index (χ0) is 14.2. The molecule has 0 radical (unpaired) electrons. The van der Waals surface area contributed by atoms with E-state index in [2.05, 4.69) is 17.6 Å². The van der Waals surface area contributed by atoms with Gasteiger partial charge in [-0.25, -0.2) is 0 Å². The van der Waals surface area contributed by atoms with Crippen molar-refractivity contribution in [1.82, 2.24) is 15.5 Å². The highest BCUT2D eigenvalue weighted by atomic mass is 16.3. The van der Waals surface area contributed by atoms with E-state index in [0.29, 0.717) is 13.1 Å². The molecule has 3 N–H and O–H groups in total. The third-order valence-corrected chi connectivity index (χ3v) is 2.67. The fourth-order valence-electron chi connectivity index (χ4n) is 1.74. The van der Waals surface area contributed by atoms with Crippen LogP contribution in [-0.4, -0.2) is 61.3 Å². The molecule has 108 valence electrons. The lowest BCUT2D eigenvalue weighted by Crippen LogP contribution is -2.51. The number of nitrogens with zero attached hydrogens (tertiary/aromatic N) is 1. The number of amides is 1. The molecular weight excluding hydrogens is 230 g/mol. The van der Waals surface area contributed by atoms with Crippen LogP contribution in [0.3, 0.4) is 0 Å². The van der Waals surface area contributed by atoms with Gasteiger partial charge >= 0.3 is 0 Å². The van der Waals surface area contributed by atoms with Crippen molar-refractivity contribution in [2.45, 2.75) is 45.3 Å². The van der Waals surface area contributed by atoms with Gasteiger partial charge in [-0.15, -0.1) is 0 Å². The van der Waals surface area contributed by atoms with Crippen molar-refractivity contribution in [2.75, 3.05) is 33.7 Å². The second-order valence-electron chi connectivity index (χ2n) is 5.48. The summed E-state index contributed by atoms with van der Waals surface area (Å²) in [5, 5.41) is 16.0. The van der Waals surface area contributed by atoms with Crippen LogP contribution >= 0.6 is 0 Å². The highest BCUT2D eigenvalue weighted by molar-refractivity contribution is 5.81. The van der Waals surface area contributed by atoms with E-state index in [-0.39, 0.29) is 11.9 Å². The van der Waals surface area contributed by atoms with Crippen LogP contribution in [0, 0.1) is 0 Å². The van der Waals surface area contributed by atoms with Crippen LogP contribution in [0.1, 0.15) is 33.6 Å². The van der Waals surface area contributed by atoms with Gasteiger partial charge in [0.05, 0.1) is 11.6 Å². The number of carbonyl (C=O) groups is 1. The average Bonchev–Trinajstić information content (AvgIpc) is 2.24. The lowest BCUT2D eigenvalue weighted by Gasteiger charge is -2.28. The molecule has 0 aliphatic rings. The van der Waals surface area contributed by atoms with Crippen molar-refractivity contribution in [2.24, 2.45) is 0 Å². The maximum Gasteiger partial charge on any atom is 0.236 e. The van der Waals surface area contributed by atoms with Gasteiger partial charge < -0.3 is 20.6 Å². The van der Waals surface area contributed by atoms with Gasteiger partial charge in [0.1, 0.15) is 0 Å². The Bertz CT molecular complexity index is 242. The molecule has 0 bridgehead atoms. The molecule has 0 rings (SSSR count). The maximum atomic E-state index is 11.7. The predicted molar refractivity (Wildman–Crippen MR) is 74.6 cm³/mol. The molecule has 0 aromatic heterocycles. The number of carbonyl (C=O) groups excluding carboxylic acids is 1. The average molecular weight is 259 g/mol. The van der Waals surface area contributed by atoms with Crippen molar-refractivity contribution in [3.05, 3.63) is 0 Å². The summed E-state index contributed by atoms with van der Waals surface area (Å²) in [5.41, 5.74) is -0.832.